The van der Waals surface area contributed by atoms with Crippen molar-refractivity contribution in [1.82, 2.24) is 4.98 Å². The van der Waals surface area contributed by atoms with Gasteiger partial charge in [-0.05, 0) is 31.6 Å². The van der Waals surface area contributed by atoms with Gasteiger partial charge in [0.25, 0.3) is 0 Å². The van der Waals surface area contributed by atoms with Crippen molar-refractivity contribution in [3.8, 4) is 0 Å². The maximum absolute atomic E-state index is 12.2. The van der Waals surface area contributed by atoms with E-state index in [-0.39, 0.29) is 24.3 Å². The molecule has 2 fully saturated rings. The van der Waals surface area contributed by atoms with Gasteiger partial charge in [-0.15, -0.1) is 11.3 Å². The molecule has 1 aromatic heterocycles. The van der Waals surface area contributed by atoms with Crippen molar-refractivity contribution in [3.05, 3.63) is 10.4 Å². The third-order valence-electron chi connectivity index (χ3n) is 3.92. The molecule has 2 unspecified atom stereocenters. The second-order valence-corrected chi connectivity index (χ2v) is 6.54. The van der Waals surface area contributed by atoms with Crippen molar-refractivity contribution >= 4 is 29.0 Å². The zero-order valence-electron chi connectivity index (χ0n) is 11.6. The fourth-order valence-electron chi connectivity index (χ4n) is 2.58. The maximum atomic E-state index is 12.2. The Bertz CT molecular complexity index is 541. The predicted molar refractivity (Wildman–Crippen MR) is 77.4 cm³/mol. The summed E-state index contributed by atoms with van der Waals surface area (Å²) in [6.45, 7) is 0.360. The minimum absolute atomic E-state index is 0.0689. The number of hydrogen-bond donors (Lipinski definition) is 2. The van der Waals surface area contributed by atoms with Crippen LogP contribution in [0.1, 0.15) is 42.9 Å². The number of carboxylic acids is 1. The van der Waals surface area contributed by atoms with Gasteiger partial charge in [-0.3, -0.25) is 9.59 Å². The third-order valence-corrected chi connectivity index (χ3v) is 4.91. The van der Waals surface area contributed by atoms with Gasteiger partial charge >= 0.3 is 5.97 Å². The van der Waals surface area contributed by atoms with Crippen LogP contribution < -0.4 is 5.32 Å². The summed E-state index contributed by atoms with van der Waals surface area (Å²) in [5.41, 5.74) is 1.77. The molecule has 0 bridgehead atoms. The summed E-state index contributed by atoms with van der Waals surface area (Å²) in [5.74, 6) is 0.152. The Hall–Kier alpha value is -1.47. The SMILES string of the molecule is O=C(O)CCC1CC(C(=O)Nc2ncsc2C2CC2)CO1. The number of anilines is 1. The molecule has 1 saturated heterocycles. The highest BCUT2D eigenvalue weighted by molar-refractivity contribution is 7.10. The highest BCUT2D eigenvalue weighted by atomic mass is 32.1. The van der Waals surface area contributed by atoms with Crippen LogP contribution >= 0.6 is 11.3 Å². The van der Waals surface area contributed by atoms with Crippen LogP contribution in [0.15, 0.2) is 5.51 Å². The molecule has 1 saturated carbocycles. The van der Waals surface area contributed by atoms with E-state index in [1.54, 1.807) is 16.8 Å². The number of nitrogens with zero attached hydrogens (tertiary/aromatic N) is 1. The number of rotatable bonds is 6. The zero-order valence-corrected chi connectivity index (χ0v) is 12.4. The largest absolute Gasteiger partial charge is 0.481 e. The summed E-state index contributed by atoms with van der Waals surface area (Å²) >= 11 is 1.59. The van der Waals surface area contributed by atoms with Gasteiger partial charge in [-0.2, -0.15) is 0 Å². The lowest BCUT2D eigenvalue weighted by atomic mass is 10.0. The molecule has 6 nitrogen and oxygen atoms in total. The number of ether oxygens (including phenoxy) is 1. The van der Waals surface area contributed by atoms with Crippen molar-refractivity contribution in [3.63, 3.8) is 0 Å². The Labute approximate surface area is 126 Å². The van der Waals surface area contributed by atoms with E-state index < -0.39 is 5.97 Å². The van der Waals surface area contributed by atoms with Crippen LogP contribution in [0.5, 0.6) is 0 Å². The molecule has 1 amide bonds. The van der Waals surface area contributed by atoms with E-state index >= 15 is 0 Å². The van der Waals surface area contributed by atoms with Gasteiger partial charge in [0, 0.05) is 6.42 Å². The summed E-state index contributed by atoms with van der Waals surface area (Å²) < 4.78 is 5.50. The molecule has 21 heavy (non-hydrogen) atoms. The molecular formula is C14H18N2O4S. The second kappa shape index (κ2) is 6.11. The molecule has 2 N–H and O–H groups in total. The molecule has 114 valence electrons. The lowest BCUT2D eigenvalue weighted by Crippen LogP contribution is -2.23. The number of aliphatic carboxylic acids is 1. The average Bonchev–Trinajstić information content (AvgIpc) is 3.00. The van der Waals surface area contributed by atoms with E-state index in [2.05, 4.69) is 10.3 Å². The summed E-state index contributed by atoms with van der Waals surface area (Å²) in [6, 6.07) is 0. The molecule has 1 aromatic rings. The lowest BCUT2D eigenvalue weighted by Gasteiger charge is -2.09. The summed E-state index contributed by atoms with van der Waals surface area (Å²) in [4.78, 5) is 28.2. The maximum Gasteiger partial charge on any atom is 0.303 e. The van der Waals surface area contributed by atoms with E-state index in [1.807, 2.05) is 0 Å². The Morgan fingerprint density at radius 3 is 3.00 bits per heavy atom. The molecule has 2 aliphatic rings. The van der Waals surface area contributed by atoms with E-state index in [0.29, 0.717) is 31.2 Å². The van der Waals surface area contributed by atoms with Crippen LogP contribution in [-0.4, -0.2) is 34.7 Å². The normalized spacial score (nSPS) is 25.0. The number of thiazole rings is 1. The van der Waals surface area contributed by atoms with E-state index in [4.69, 9.17) is 9.84 Å². The summed E-state index contributed by atoms with van der Waals surface area (Å²) in [5, 5.41) is 11.6. The summed E-state index contributed by atoms with van der Waals surface area (Å²) in [7, 11) is 0. The standard InChI is InChI=1S/C14H18N2O4S/c17-11(18)4-3-10-5-9(6-20-10)14(19)16-13-12(8-1-2-8)21-7-15-13/h7-10H,1-6H2,(H,16,19)(H,17,18). The first kappa shape index (κ1) is 14.5. The van der Waals surface area contributed by atoms with E-state index in [1.165, 1.54) is 17.7 Å². The zero-order chi connectivity index (χ0) is 14.8. The van der Waals surface area contributed by atoms with Crippen LogP contribution in [0.25, 0.3) is 0 Å². The van der Waals surface area contributed by atoms with Gasteiger partial charge in [-0.25, -0.2) is 4.98 Å². The number of hydrogen-bond acceptors (Lipinski definition) is 5. The first-order valence-electron chi connectivity index (χ1n) is 7.21. The molecule has 7 heteroatoms. The van der Waals surface area contributed by atoms with Gasteiger partial charge in [0.2, 0.25) is 5.91 Å². The Kier molecular flexibility index (Phi) is 4.21. The fraction of sp³-hybridized carbons (Fsp3) is 0.643. The molecule has 3 rings (SSSR count). The number of carboxylic acid groups (broad SMARTS) is 1. The number of aromatic nitrogens is 1. The van der Waals surface area contributed by atoms with Crippen molar-refractivity contribution < 1.29 is 19.4 Å². The lowest BCUT2D eigenvalue weighted by molar-refractivity contribution is -0.137. The van der Waals surface area contributed by atoms with Crippen LogP contribution in [0.2, 0.25) is 0 Å². The van der Waals surface area contributed by atoms with Gasteiger partial charge in [0.05, 0.1) is 29.0 Å². The Morgan fingerprint density at radius 1 is 1.48 bits per heavy atom. The van der Waals surface area contributed by atoms with Crippen molar-refractivity contribution in [2.75, 3.05) is 11.9 Å². The average molecular weight is 310 g/mol. The highest BCUT2D eigenvalue weighted by Gasteiger charge is 2.33. The van der Waals surface area contributed by atoms with Gasteiger partial charge in [0.15, 0.2) is 0 Å². The minimum atomic E-state index is -0.831. The van der Waals surface area contributed by atoms with Crippen LogP contribution in [0.4, 0.5) is 5.82 Å². The fourth-order valence-corrected chi connectivity index (χ4v) is 3.49. The smallest absolute Gasteiger partial charge is 0.303 e. The first-order chi connectivity index (χ1) is 10.1. The van der Waals surface area contributed by atoms with Crippen molar-refractivity contribution in [2.24, 2.45) is 5.92 Å². The number of amides is 1. The predicted octanol–water partition coefficient (Wildman–Crippen LogP) is 2.23. The van der Waals surface area contributed by atoms with Gasteiger partial charge < -0.3 is 15.2 Å². The number of nitrogens with one attached hydrogen (secondary N) is 1. The van der Waals surface area contributed by atoms with Crippen molar-refractivity contribution in [2.45, 2.75) is 44.1 Å². The Morgan fingerprint density at radius 2 is 2.29 bits per heavy atom. The van der Waals surface area contributed by atoms with Crippen LogP contribution in [0, 0.1) is 5.92 Å². The molecule has 2 heterocycles. The van der Waals surface area contributed by atoms with Crippen molar-refractivity contribution in [1.29, 1.82) is 0 Å². The van der Waals surface area contributed by atoms with Gasteiger partial charge in [-0.1, -0.05) is 0 Å². The van der Waals surface area contributed by atoms with Crippen LogP contribution in [0.3, 0.4) is 0 Å². The minimum Gasteiger partial charge on any atom is -0.481 e. The molecule has 0 spiro atoms. The molecule has 0 radical (unpaired) electrons. The quantitative estimate of drug-likeness (QED) is 0.841. The van der Waals surface area contributed by atoms with Crippen LogP contribution in [-0.2, 0) is 14.3 Å². The highest BCUT2D eigenvalue weighted by Crippen LogP contribution is 2.45. The first-order valence-corrected chi connectivity index (χ1v) is 8.09. The molecule has 0 aromatic carbocycles. The molecule has 1 aliphatic carbocycles. The van der Waals surface area contributed by atoms with Gasteiger partial charge in [0.1, 0.15) is 5.82 Å². The topological polar surface area (TPSA) is 88.5 Å². The monoisotopic (exact) mass is 310 g/mol. The second-order valence-electron chi connectivity index (χ2n) is 5.65. The number of carbonyl (C=O) groups excluding carboxylic acids is 1. The molecule has 1 aliphatic heterocycles. The third kappa shape index (κ3) is 3.59. The Balaban J connectivity index is 1.52. The van der Waals surface area contributed by atoms with E-state index in [0.717, 1.165) is 0 Å². The summed E-state index contributed by atoms with van der Waals surface area (Å²) in [6.07, 6.45) is 3.35. The van der Waals surface area contributed by atoms with E-state index in [9.17, 15) is 9.59 Å². The number of carbonyl (C=O) groups is 2. The molecular weight excluding hydrogens is 292 g/mol. The molecule has 2 atom stereocenters.